The van der Waals surface area contributed by atoms with E-state index in [2.05, 4.69) is 13.8 Å². The van der Waals surface area contributed by atoms with Gasteiger partial charge in [-0.05, 0) is 17.8 Å². The first-order valence-electron chi connectivity index (χ1n) is 4.05. The molecule has 0 unspecified atom stereocenters. The van der Waals surface area contributed by atoms with Gasteiger partial charge < -0.3 is 0 Å². The molecule has 0 heterocycles. The highest BCUT2D eigenvalue weighted by molar-refractivity contribution is 8.13. The molecule has 0 aromatic carbocycles. The molecule has 0 aliphatic heterocycles. The van der Waals surface area contributed by atoms with E-state index in [4.69, 9.17) is 10.7 Å². The van der Waals surface area contributed by atoms with Crippen LogP contribution >= 0.6 is 10.7 Å². The molecule has 0 spiro atoms. The van der Waals surface area contributed by atoms with E-state index >= 15 is 0 Å². The van der Waals surface area contributed by atoms with Crippen LogP contribution in [0.2, 0.25) is 0 Å². The summed E-state index contributed by atoms with van der Waals surface area (Å²) in [6.45, 7) is 7.99. The molecule has 0 radical (unpaired) electrons. The number of halogens is 1. The Kier molecular flexibility index (Phi) is 4.04. The lowest BCUT2D eigenvalue weighted by molar-refractivity contribution is 0.323. The molecule has 0 saturated carbocycles. The first-order chi connectivity index (χ1) is 5.12. The maximum absolute atomic E-state index is 10.8. The van der Waals surface area contributed by atoms with Crippen LogP contribution in [0.5, 0.6) is 0 Å². The van der Waals surface area contributed by atoms with Crippen molar-refractivity contribution >= 4 is 19.7 Å². The van der Waals surface area contributed by atoms with Gasteiger partial charge in [-0.25, -0.2) is 8.42 Å². The van der Waals surface area contributed by atoms with Crippen LogP contribution in [-0.2, 0) is 9.05 Å². The summed E-state index contributed by atoms with van der Waals surface area (Å²) in [7, 11) is 1.82. The highest BCUT2D eigenvalue weighted by Crippen LogP contribution is 2.27. The minimum Gasteiger partial charge on any atom is -0.212 e. The van der Waals surface area contributed by atoms with Gasteiger partial charge in [-0.15, -0.1) is 0 Å². The zero-order chi connectivity index (χ0) is 9.99. The zero-order valence-corrected chi connectivity index (χ0v) is 9.67. The SMILES string of the molecule is CC(C)CC(C)(C)CS(=O)(=O)Cl. The molecule has 0 rings (SSSR count). The Morgan fingerprint density at radius 1 is 1.33 bits per heavy atom. The summed E-state index contributed by atoms with van der Waals surface area (Å²) in [5.74, 6) is 0.554. The summed E-state index contributed by atoms with van der Waals surface area (Å²) in [6.07, 6.45) is 0.874. The monoisotopic (exact) mass is 212 g/mol. The molecule has 0 aliphatic rings. The molecule has 2 nitrogen and oxygen atoms in total. The van der Waals surface area contributed by atoms with Gasteiger partial charge in [0.1, 0.15) is 0 Å². The number of hydrogen-bond acceptors (Lipinski definition) is 2. The average Bonchev–Trinajstić information content (AvgIpc) is 1.48. The summed E-state index contributed by atoms with van der Waals surface area (Å²) < 4.78 is 21.6. The van der Waals surface area contributed by atoms with Crippen molar-refractivity contribution in [3.05, 3.63) is 0 Å². The maximum atomic E-state index is 10.8. The molecule has 0 aromatic rings. The van der Waals surface area contributed by atoms with Crippen molar-refractivity contribution in [2.75, 3.05) is 5.75 Å². The molecule has 12 heavy (non-hydrogen) atoms. The Morgan fingerprint density at radius 2 is 1.75 bits per heavy atom. The van der Waals surface area contributed by atoms with Crippen LogP contribution in [0.15, 0.2) is 0 Å². The van der Waals surface area contributed by atoms with Crippen LogP contribution < -0.4 is 0 Å². The molecule has 0 N–H and O–H groups in total. The van der Waals surface area contributed by atoms with Gasteiger partial charge in [0.05, 0.1) is 5.75 Å². The van der Waals surface area contributed by atoms with Crippen LogP contribution in [0.3, 0.4) is 0 Å². The molecular weight excluding hydrogens is 196 g/mol. The summed E-state index contributed by atoms with van der Waals surface area (Å²) in [5.41, 5.74) is -0.214. The van der Waals surface area contributed by atoms with Gasteiger partial charge in [-0.1, -0.05) is 27.7 Å². The summed E-state index contributed by atoms with van der Waals surface area (Å²) in [6, 6.07) is 0. The first kappa shape index (κ1) is 12.2. The second-order valence-corrected chi connectivity index (χ2v) is 7.22. The fraction of sp³-hybridized carbons (Fsp3) is 1.00. The Hall–Kier alpha value is 0.240. The highest BCUT2D eigenvalue weighted by atomic mass is 35.7. The van der Waals surface area contributed by atoms with Gasteiger partial charge in [0.25, 0.3) is 0 Å². The predicted octanol–water partition coefficient (Wildman–Crippen LogP) is 2.63. The van der Waals surface area contributed by atoms with E-state index in [9.17, 15) is 8.42 Å². The lowest BCUT2D eigenvalue weighted by atomic mass is 9.86. The van der Waals surface area contributed by atoms with E-state index in [0.29, 0.717) is 5.92 Å². The predicted molar refractivity (Wildman–Crippen MR) is 52.9 cm³/mol. The van der Waals surface area contributed by atoms with Gasteiger partial charge in [0.15, 0.2) is 0 Å². The largest absolute Gasteiger partial charge is 0.233 e. The molecule has 4 heteroatoms. The van der Waals surface area contributed by atoms with Gasteiger partial charge >= 0.3 is 0 Å². The van der Waals surface area contributed by atoms with Gasteiger partial charge in [0, 0.05) is 10.7 Å². The van der Waals surface area contributed by atoms with E-state index in [1.165, 1.54) is 0 Å². The molecule has 0 aromatic heterocycles. The van der Waals surface area contributed by atoms with Gasteiger partial charge in [0.2, 0.25) is 9.05 Å². The molecular formula is C8H17ClO2S. The van der Waals surface area contributed by atoms with Crippen LogP contribution in [0.4, 0.5) is 0 Å². The molecule has 0 aliphatic carbocycles. The third-order valence-corrected chi connectivity index (χ3v) is 2.98. The van der Waals surface area contributed by atoms with E-state index < -0.39 is 9.05 Å². The van der Waals surface area contributed by atoms with E-state index in [-0.39, 0.29) is 11.2 Å². The number of rotatable bonds is 4. The van der Waals surface area contributed by atoms with Gasteiger partial charge in [-0.3, -0.25) is 0 Å². The Morgan fingerprint density at radius 3 is 2.00 bits per heavy atom. The topological polar surface area (TPSA) is 34.1 Å². The molecule has 0 saturated heterocycles. The molecule has 0 amide bonds. The van der Waals surface area contributed by atoms with Crippen LogP contribution in [0.25, 0.3) is 0 Å². The molecule has 0 bridgehead atoms. The van der Waals surface area contributed by atoms with Crippen LogP contribution in [0, 0.1) is 11.3 Å². The van der Waals surface area contributed by atoms with Crippen molar-refractivity contribution in [3.8, 4) is 0 Å². The lowest BCUT2D eigenvalue weighted by Gasteiger charge is -2.24. The molecule has 0 fully saturated rings. The van der Waals surface area contributed by atoms with E-state index in [1.54, 1.807) is 0 Å². The van der Waals surface area contributed by atoms with Crippen LogP contribution in [0.1, 0.15) is 34.1 Å². The van der Waals surface area contributed by atoms with Gasteiger partial charge in [-0.2, -0.15) is 0 Å². The summed E-state index contributed by atoms with van der Waals surface area (Å²) in [5, 5.41) is 0. The Balaban J connectivity index is 4.23. The fourth-order valence-corrected chi connectivity index (χ4v) is 3.57. The van der Waals surface area contributed by atoms with Crippen molar-refractivity contribution in [2.45, 2.75) is 34.1 Å². The minimum absolute atomic E-state index is 0.0553. The summed E-state index contributed by atoms with van der Waals surface area (Å²) in [4.78, 5) is 0. The molecule has 0 atom stereocenters. The third-order valence-electron chi connectivity index (χ3n) is 1.52. The minimum atomic E-state index is -3.36. The van der Waals surface area contributed by atoms with Crippen molar-refractivity contribution in [2.24, 2.45) is 11.3 Å². The maximum Gasteiger partial charge on any atom is 0.233 e. The van der Waals surface area contributed by atoms with Crippen LogP contribution in [-0.4, -0.2) is 14.2 Å². The second kappa shape index (κ2) is 3.97. The number of hydrogen-bond donors (Lipinski definition) is 0. The van der Waals surface area contributed by atoms with Crippen molar-refractivity contribution < 1.29 is 8.42 Å². The lowest BCUT2D eigenvalue weighted by Crippen LogP contribution is -2.23. The van der Waals surface area contributed by atoms with Crippen molar-refractivity contribution in [3.63, 3.8) is 0 Å². The summed E-state index contributed by atoms with van der Waals surface area (Å²) >= 11 is 0. The normalized spacial score (nSPS) is 13.8. The highest BCUT2D eigenvalue weighted by Gasteiger charge is 2.25. The average molecular weight is 213 g/mol. The third kappa shape index (κ3) is 6.92. The standard InChI is InChI=1S/C8H17ClO2S/c1-7(2)5-8(3,4)6-12(9,10)11/h7H,5-6H2,1-4H3. The zero-order valence-electron chi connectivity index (χ0n) is 8.09. The Labute approximate surface area is 79.7 Å². The first-order valence-corrected chi connectivity index (χ1v) is 6.52. The smallest absolute Gasteiger partial charge is 0.212 e. The fourth-order valence-electron chi connectivity index (χ4n) is 1.63. The Bertz CT molecular complexity index is 229. The molecule has 74 valence electrons. The second-order valence-electron chi connectivity index (χ2n) is 4.45. The van der Waals surface area contributed by atoms with E-state index in [0.717, 1.165) is 6.42 Å². The van der Waals surface area contributed by atoms with Crippen molar-refractivity contribution in [1.82, 2.24) is 0 Å². The van der Waals surface area contributed by atoms with Crippen molar-refractivity contribution in [1.29, 1.82) is 0 Å². The quantitative estimate of drug-likeness (QED) is 0.672. The van der Waals surface area contributed by atoms with E-state index in [1.807, 2.05) is 13.8 Å².